The summed E-state index contributed by atoms with van der Waals surface area (Å²) in [5, 5.41) is 9.17. The number of fused-ring (bicyclic) bond motifs is 1. The minimum Gasteiger partial charge on any atom is -0.478 e. The first-order chi connectivity index (χ1) is 8.75. The summed E-state index contributed by atoms with van der Waals surface area (Å²) in [6.45, 7) is 1.22. The van der Waals surface area contributed by atoms with Crippen LogP contribution in [-0.4, -0.2) is 16.1 Å². The van der Waals surface area contributed by atoms with Crippen molar-refractivity contribution in [3.05, 3.63) is 53.3 Å². The van der Waals surface area contributed by atoms with E-state index in [-0.39, 0.29) is 5.56 Å². The van der Waals surface area contributed by atoms with Crippen LogP contribution < -0.4 is 0 Å². The van der Waals surface area contributed by atoms with Crippen molar-refractivity contribution in [2.45, 2.75) is 13.2 Å². The number of hydrogen-bond donors (Lipinski definition) is 1. The summed E-state index contributed by atoms with van der Waals surface area (Å²) in [7, 11) is 0. The van der Waals surface area contributed by atoms with Gasteiger partial charge in [-0.3, -0.25) is 4.98 Å². The van der Waals surface area contributed by atoms with Gasteiger partial charge in [0.25, 0.3) is 0 Å². The third kappa shape index (κ3) is 1.76. The number of carboxylic acid groups (broad SMARTS) is 1. The molecule has 4 nitrogen and oxygen atoms in total. The van der Waals surface area contributed by atoms with Crippen molar-refractivity contribution in [1.29, 1.82) is 0 Å². The molecule has 0 amide bonds. The van der Waals surface area contributed by atoms with Gasteiger partial charge >= 0.3 is 5.97 Å². The summed E-state index contributed by atoms with van der Waals surface area (Å²) in [6, 6.07) is 7.39. The first-order valence-electron chi connectivity index (χ1n) is 5.63. The Morgan fingerprint density at radius 3 is 2.89 bits per heavy atom. The zero-order valence-electron chi connectivity index (χ0n) is 9.59. The topological polar surface area (TPSA) is 59.4 Å². The minimum atomic E-state index is -0.941. The fourth-order valence-corrected chi connectivity index (χ4v) is 2.15. The largest absolute Gasteiger partial charge is 0.478 e. The molecule has 1 aromatic carbocycles. The van der Waals surface area contributed by atoms with Crippen LogP contribution in [0.25, 0.3) is 11.1 Å². The van der Waals surface area contributed by atoms with Crippen LogP contribution in [0.2, 0.25) is 0 Å². The van der Waals surface area contributed by atoms with E-state index in [1.54, 1.807) is 6.20 Å². The highest BCUT2D eigenvalue weighted by Crippen LogP contribution is 2.28. The van der Waals surface area contributed by atoms with Gasteiger partial charge in [-0.15, -0.1) is 0 Å². The van der Waals surface area contributed by atoms with Gasteiger partial charge in [0, 0.05) is 18.0 Å². The lowest BCUT2D eigenvalue weighted by atomic mass is 9.98. The molecule has 0 saturated heterocycles. The van der Waals surface area contributed by atoms with Crippen LogP contribution >= 0.6 is 0 Å². The van der Waals surface area contributed by atoms with Crippen molar-refractivity contribution in [2.24, 2.45) is 0 Å². The van der Waals surface area contributed by atoms with Crippen molar-refractivity contribution in [2.75, 3.05) is 0 Å². The first-order valence-corrected chi connectivity index (χ1v) is 5.63. The number of nitrogens with zero attached hydrogens (tertiary/aromatic N) is 1. The number of benzene rings is 1. The summed E-state index contributed by atoms with van der Waals surface area (Å²) in [6.07, 6.45) is 3.07. The van der Waals surface area contributed by atoms with E-state index >= 15 is 0 Å². The van der Waals surface area contributed by atoms with Crippen LogP contribution in [0.1, 0.15) is 21.5 Å². The molecule has 1 aliphatic heterocycles. The smallest absolute Gasteiger partial charge is 0.336 e. The lowest BCUT2D eigenvalue weighted by molar-refractivity contribution is 0.0697. The molecular weight excluding hydrogens is 230 g/mol. The zero-order valence-corrected chi connectivity index (χ0v) is 9.59. The van der Waals surface area contributed by atoms with E-state index in [0.29, 0.717) is 18.8 Å². The molecule has 18 heavy (non-hydrogen) atoms. The van der Waals surface area contributed by atoms with Crippen molar-refractivity contribution < 1.29 is 14.6 Å². The lowest BCUT2D eigenvalue weighted by Crippen LogP contribution is -2.00. The number of aromatic carboxylic acids is 1. The van der Waals surface area contributed by atoms with Gasteiger partial charge in [0.05, 0.1) is 18.8 Å². The van der Waals surface area contributed by atoms with Gasteiger partial charge in [-0.05, 0) is 28.8 Å². The van der Waals surface area contributed by atoms with Crippen molar-refractivity contribution >= 4 is 5.97 Å². The monoisotopic (exact) mass is 241 g/mol. The van der Waals surface area contributed by atoms with Gasteiger partial charge in [0.1, 0.15) is 0 Å². The Labute approximate surface area is 104 Å². The number of carboxylic acids is 1. The molecular formula is C14H11NO3. The van der Waals surface area contributed by atoms with Crippen LogP contribution in [0.15, 0.2) is 36.7 Å². The second kappa shape index (κ2) is 4.23. The molecule has 0 aliphatic carbocycles. The van der Waals surface area contributed by atoms with Gasteiger partial charge in [-0.25, -0.2) is 4.79 Å². The Hall–Kier alpha value is -2.20. The predicted octanol–water partition coefficient (Wildman–Crippen LogP) is 2.48. The summed E-state index contributed by atoms with van der Waals surface area (Å²) in [5.41, 5.74) is 4.06. The molecule has 2 heterocycles. The molecule has 0 fully saturated rings. The maximum absolute atomic E-state index is 11.2. The Bertz CT molecular complexity index is 622. The SMILES string of the molecule is O=C(O)c1ccncc1-c1ccc2c(c1)COC2. The molecule has 90 valence electrons. The number of hydrogen-bond acceptors (Lipinski definition) is 3. The average molecular weight is 241 g/mol. The zero-order chi connectivity index (χ0) is 12.5. The molecule has 1 aromatic heterocycles. The average Bonchev–Trinajstić information content (AvgIpc) is 2.85. The normalized spacial score (nSPS) is 13.3. The Balaban J connectivity index is 2.13. The Kier molecular flexibility index (Phi) is 2.57. The summed E-state index contributed by atoms with van der Waals surface area (Å²) in [4.78, 5) is 15.2. The number of rotatable bonds is 2. The van der Waals surface area contributed by atoms with Gasteiger partial charge < -0.3 is 9.84 Å². The summed E-state index contributed by atoms with van der Waals surface area (Å²) < 4.78 is 5.35. The third-order valence-electron chi connectivity index (χ3n) is 3.08. The van der Waals surface area contributed by atoms with E-state index in [2.05, 4.69) is 4.98 Å². The van der Waals surface area contributed by atoms with E-state index < -0.39 is 5.97 Å². The fourth-order valence-electron chi connectivity index (χ4n) is 2.15. The summed E-state index contributed by atoms with van der Waals surface area (Å²) >= 11 is 0. The molecule has 1 aliphatic rings. The second-order valence-corrected chi connectivity index (χ2v) is 4.20. The van der Waals surface area contributed by atoms with Crippen LogP contribution in [0, 0.1) is 0 Å². The van der Waals surface area contributed by atoms with Crippen LogP contribution in [-0.2, 0) is 18.0 Å². The van der Waals surface area contributed by atoms with Crippen LogP contribution in [0.5, 0.6) is 0 Å². The first kappa shape index (κ1) is 10.9. The number of carbonyl (C=O) groups is 1. The molecule has 0 atom stereocenters. The third-order valence-corrected chi connectivity index (χ3v) is 3.08. The van der Waals surface area contributed by atoms with Gasteiger partial charge in [0.2, 0.25) is 0 Å². The maximum Gasteiger partial charge on any atom is 0.336 e. The lowest BCUT2D eigenvalue weighted by Gasteiger charge is -2.07. The summed E-state index contributed by atoms with van der Waals surface area (Å²) in [5.74, 6) is -0.941. The van der Waals surface area contributed by atoms with Gasteiger partial charge in [0.15, 0.2) is 0 Å². The molecule has 0 saturated carbocycles. The van der Waals surface area contributed by atoms with E-state index in [1.165, 1.54) is 17.8 Å². The Morgan fingerprint density at radius 2 is 2.06 bits per heavy atom. The molecule has 3 rings (SSSR count). The number of ether oxygens (including phenoxy) is 1. The molecule has 0 unspecified atom stereocenters. The van der Waals surface area contributed by atoms with E-state index in [9.17, 15) is 4.79 Å². The number of aromatic nitrogens is 1. The molecule has 1 N–H and O–H groups in total. The van der Waals surface area contributed by atoms with E-state index in [1.807, 2.05) is 18.2 Å². The molecule has 0 spiro atoms. The number of pyridine rings is 1. The molecule has 0 bridgehead atoms. The highest BCUT2D eigenvalue weighted by molar-refractivity contribution is 5.95. The van der Waals surface area contributed by atoms with Gasteiger partial charge in [-0.2, -0.15) is 0 Å². The van der Waals surface area contributed by atoms with Gasteiger partial charge in [-0.1, -0.05) is 12.1 Å². The maximum atomic E-state index is 11.2. The van der Waals surface area contributed by atoms with Crippen LogP contribution in [0.3, 0.4) is 0 Å². The minimum absolute atomic E-state index is 0.267. The van der Waals surface area contributed by atoms with Crippen molar-refractivity contribution in [1.82, 2.24) is 4.98 Å². The molecule has 4 heteroatoms. The molecule has 2 aromatic rings. The Morgan fingerprint density at radius 1 is 1.22 bits per heavy atom. The van der Waals surface area contributed by atoms with Crippen molar-refractivity contribution in [3.63, 3.8) is 0 Å². The highest BCUT2D eigenvalue weighted by Gasteiger charge is 2.15. The van der Waals surface area contributed by atoms with Crippen LogP contribution in [0.4, 0.5) is 0 Å². The highest BCUT2D eigenvalue weighted by atomic mass is 16.5. The molecule has 0 radical (unpaired) electrons. The van der Waals surface area contributed by atoms with E-state index in [0.717, 1.165) is 11.1 Å². The van der Waals surface area contributed by atoms with Crippen molar-refractivity contribution in [3.8, 4) is 11.1 Å². The standard InChI is InChI=1S/C14H11NO3/c16-14(17)12-3-4-15-6-13(12)9-1-2-10-7-18-8-11(10)5-9/h1-6H,7-8H2,(H,16,17). The fraction of sp³-hybridized carbons (Fsp3) is 0.143. The predicted molar refractivity (Wildman–Crippen MR) is 65.1 cm³/mol. The second-order valence-electron chi connectivity index (χ2n) is 4.20. The quantitative estimate of drug-likeness (QED) is 0.877. The van der Waals surface area contributed by atoms with E-state index in [4.69, 9.17) is 9.84 Å².